The first-order valence-corrected chi connectivity index (χ1v) is 6.94. The van der Waals surface area contributed by atoms with Crippen LogP contribution in [0.25, 0.3) is 0 Å². The Hall–Kier alpha value is -1.63. The van der Waals surface area contributed by atoms with Gasteiger partial charge in [-0.05, 0) is 34.7 Å². The van der Waals surface area contributed by atoms with Crippen LogP contribution in [0, 0.1) is 5.92 Å². The Labute approximate surface area is 118 Å². The van der Waals surface area contributed by atoms with Crippen LogP contribution in [0.3, 0.4) is 0 Å². The number of nitrogens with zero attached hydrogens (tertiary/aromatic N) is 4. The quantitative estimate of drug-likeness (QED) is 0.936. The molecule has 3 rings (SSSR count). The summed E-state index contributed by atoms with van der Waals surface area (Å²) in [4.78, 5) is 12.1. The molecule has 1 amide bonds. The monoisotopic (exact) mass is 323 g/mol. The first-order valence-electron chi connectivity index (χ1n) is 6.15. The molecule has 0 aliphatic heterocycles. The maximum absolute atomic E-state index is 12.1. The van der Waals surface area contributed by atoms with Gasteiger partial charge in [0.05, 0.1) is 22.6 Å². The van der Waals surface area contributed by atoms with E-state index in [1.54, 1.807) is 19.4 Å². The number of hydrogen-bond acceptors (Lipinski definition) is 3. The number of carbonyl (C=O) groups excluding carboxylic acids is 1. The lowest BCUT2D eigenvalue weighted by atomic mass is 10.4. The summed E-state index contributed by atoms with van der Waals surface area (Å²) < 4.78 is 4.09. The van der Waals surface area contributed by atoms with E-state index >= 15 is 0 Å². The van der Waals surface area contributed by atoms with Crippen LogP contribution in [0.2, 0.25) is 0 Å². The Bertz CT molecular complexity index is 594. The fourth-order valence-electron chi connectivity index (χ4n) is 1.95. The third-order valence-corrected chi connectivity index (χ3v) is 3.72. The molecule has 2 heterocycles. The number of amides is 1. The molecular formula is C12H14BrN5O. The lowest BCUT2D eigenvalue weighted by molar-refractivity contribution is 0.101. The predicted molar refractivity (Wildman–Crippen MR) is 73.8 cm³/mol. The van der Waals surface area contributed by atoms with E-state index < -0.39 is 0 Å². The minimum atomic E-state index is -0.196. The van der Waals surface area contributed by atoms with Crippen molar-refractivity contribution in [1.29, 1.82) is 0 Å². The molecular weight excluding hydrogens is 310 g/mol. The van der Waals surface area contributed by atoms with Gasteiger partial charge in [0.15, 0.2) is 0 Å². The molecule has 0 radical (unpaired) electrons. The van der Waals surface area contributed by atoms with Crippen LogP contribution in [-0.4, -0.2) is 25.5 Å². The van der Waals surface area contributed by atoms with E-state index in [0.29, 0.717) is 15.9 Å². The molecule has 2 aromatic heterocycles. The van der Waals surface area contributed by atoms with E-state index in [1.807, 2.05) is 10.9 Å². The number of aryl methyl sites for hydroxylation is 1. The molecule has 6 nitrogen and oxygen atoms in total. The molecule has 0 aromatic carbocycles. The Morgan fingerprint density at radius 1 is 1.47 bits per heavy atom. The summed E-state index contributed by atoms with van der Waals surface area (Å²) in [5.41, 5.74) is 1.20. The maximum atomic E-state index is 12.1. The third-order valence-electron chi connectivity index (χ3n) is 3.14. The highest BCUT2D eigenvalue weighted by Crippen LogP contribution is 2.30. The number of halogens is 1. The Morgan fingerprint density at radius 2 is 2.26 bits per heavy atom. The van der Waals surface area contributed by atoms with Crippen molar-refractivity contribution < 1.29 is 4.79 Å². The SMILES string of the molecule is Cn1ncc(Br)c1C(=O)Nc1cnn(CC2CC2)c1. The topological polar surface area (TPSA) is 64.7 Å². The molecule has 7 heteroatoms. The number of nitrogens with one attached hydrogen (secondary N) is 1. The van der Waals surface area contributed by atoms with Gasteiger partial charge in [-0.3, -0.25) is 14.2 Å². The summed E-state index contributed by atoms with van der Waals surface area (Å²) in [6, 6.07) is 0. The van der Waals surface area contributed by atoms with Crippen LogP contribution in [0.15, 0.2) is 23.1 Å². The van der Waals surface area contributed by atoms with E-state index in [0.717, 1.165) is 12.5 Å². The Kier molecular flexibility index (Phi) is 3.14. The van der Waals surface area contributed by atoms with Gasteiger partial charge in [0.2, 0.25) is 0 Å². The molecule has 1 saturated carbocycles. The normalized spacial score (nSPS) is 14.6. The minimum Gasteiger partial charge on any atom is -0.318 e. The maximum Gasteiger partial charge on any atom is 0.275 e. The number of rotatable bonds is 4. The second-order valence-electron chi connectivity index (χ2n) is 4.81. The molecule has 0 spiro atoms. The van der Waals surface area contributed by atoms with E-state index in [1.165, 1.54) is 17.5 Å². The molecule has 1 aliphatic rings. The predicted octanol–water partition coefficient (Wildman–Crippen LogP) is 2.04. The second-order valence-corrected chi connectivity index (χ2v) is 5.67. The van der Waals surface area contributed by atoms with Crippen LogP contribution in [0.5, 0.6) is 0 Å². The Balaban J connectivity index is 1.70. The van der Waals surface area contributed by atoms with Crippen molar-refractivity contribution in [3.8, 4) is 0 Å². The van der Waals surface area contributed by atoms with Gasteiger partial charge in [0.1, 0.15) is 5.69 Å². The van der Waals surface area contributed by atoms with Gasteiger partial charge in [-0.15, -0.1) is 0 Å². The number of carbonyl (C=O) groups is 1. The average Bonchev–Trinajstić information content (AvgIpc) is 2.96. The fourth-order valence-corrected chi connectivity index (χ4v) is 2.48. The second kappa shape index (κ2) is 4.80. The first kappa shape index (κ1) is 12.4. The van der Waals surface area contributed by atoms with Gasteiger partial charge in [-0.25, -0.2) is 0 Å². The van der Waals surface area contributed by atoms with Crippen molar-refractivity contribution in [2.24, 2.45) is 13.0 Å². The summed E-state index contributed by atoms with van der Waals surface area (Å²) >= 11 is 3.31. The first-order chi connectivity index (χ1) is 9.13. The summed E-state index contributed by atoms with van der Waals surface area (Å²) in [6.07, 6.45) is 7.70. The van der Waals surface area contributed by atoms with E-state index in [4.69, 9.17) is 0 Å². The molecule has 0 unspecified atom stereocenters. The molecule has 19 heavy (non-hydrogen) atoms. The average molecular weight is 324 g/mol. The fraction of sp³-hybridized carbons (Fsp3) is 0.417. The van der Waals surface area contributed by atoms with Crippen molar-refractivity contribution in [1.82, 2.24) is 19.6 Å². The third kappa shape index (κ3) is 2.70. The zero-order valence-corrected chi connectivity index (χ0v) is 12.1. The number of anilines is 1. The highest BCUT2D eigenvalue weighted by molar-refractivity contribution is 9.10. The van der Waals surface area contributed by atoms with E-state index in [2.05, 4.69) is 31.4 Å². The lowest BCUT2D eigenvalue weighted by Gasteiger charge is -2.03. The van der Waals surface area contributed by atoms with Crippen molar-refractivity contribution >= 4 is 27.5 Å². The van der Waals surface area contributed by atoms with Crippen LogP contribution < -0.4 is 5.32 Å². The van der Waals surface area contributed by atoms with Gasteiger partial charge < -0.3 is 5.32 Å². The minimum absolute atomic E-state index is 0.196. The van der Waals surface area contributed by atoms with Gasteiger partial charge in [-0.2, -0.15) is 10.2 Å². The molecule has 0 bridgehead atoms. The standard InChI is InChI=1S/C12H14BrN5O/c1-17-11(10(13)5-14-17)12(19)16-9-4-15-18(7-9)6-8-2-3-8/h4-5,7-8H,2-3,6H2,1H3,(H,16,19). The molecule has 2 aromatic rings. The van der Waals surface area contributed by atoms with Crippen LogP contribution >= 0.6 is 15.9 Å². The molecule has 1 fully saturated rings. The molecule has 1 aliphatic carbocycles. The zero-order chi connectivity index (χ0) is 13.4. The molecule has 100 valence electrons. The highest BCUT2D eigenvalue weighted by Gasteiger charge is 2.22. The van der Waals surface area contributed by atoms with Crippen molar-refractivity contribution in [2.75, 3.05) is 5.32 Å². The van der Waals surface area contributed by atoms with Crippen molar-refractivity contribution in [3.05, 3.63) is 28.8 Å². The van der Waals surface area contributed by atoms with Crippen LogP contribution in [0.4, 0.5) is 5.69 Å². The van der Waals surface area contributed by atoms with Gasteiger partial charge >= 0.3 is 0 Å². The molecule has 0 saturated heterocycles. The van der Waals surface area contributed by atoms with E-state index in [-0.39, 0.29) is 5.91 Å². The largest absolute Gasteiger partial charge is 0.318 e. The van der Waals surface area contributed by atoms with Gasteiger partial charge in [0.25, 0.3) is 5.91 Å². The smallest absolute Gasteiger partial charge is 0.275 e. The molecule has 0 atom stereocenters. The van der Waals surface area contributed by atoms with Crippen molar-refractivity contribution in [2.45, 2.75) is 19.4 Å². The number of aromatic nitrogens is 4. The van der Waals surface area contributed by atoms with Crippen LogP contribution in [-0.2, 0) is 13.6 Å². The Morgan fingerprint density at radius 3 is 2.89 bits per heavy atom. The van der Waals surface area contributed by atoms with Crippen molar-refractivity contribution in [3.63, 3.8) is 0 Å². The zero-order valence-electron chi connectivity index (χ0n) is 10.5. The summed E-state index contributed by atoms with van der Waals surface area (Å²) in [7, 11) is 1.73. The van der Waals surface area contributed by atoms with Gasteiger partial charge in [0, 0.05) is 19.8 Å². The summed E-state index contributed by atoms with van der Waals surface area (Å²) in [6.45, 7) is 0.936. The molecule has 1 N–H and O–H groups in total. The lowest BCUT2D eigenvalue weighted by Crippen LogP contribution is -2.16. The summed E-state index contributed by atoms with van der Waals surface area (Å²) in [5, 5.41) is 11.1. The summed E-state index contributed by atoms with van der Waals surface area (Å²) in [5.74, 6) is 0.563. The van der Waals surface area contributed by atoms with Crippen LogP contribution in [0.1, 0.15) is 23.3 Å². The van der Waals surface area contributed by atoms with Gasteiger partial charge in [-0.1, -0.05) is 0 Å². The highest BCUT2D eigenvalue weighted by atomic mass is 79.9. The number of hydrogen-bond donors (Lipinski definition) is 1. The van der Waals surface area contributed by atoms with E-state index in [9.17, 15) is 4.79 Å².